The van der Waals surface area contributed by atoms with Crippen LogP contribution in [0.4, 0.5) is 0 Å². The summed E-state index contributed by atoms with van der Waals surface area (Å²) in [5.74, 6) is -0.0599. The van der Waals surface area contributed by atoms with E-state index in [2.05, 4.69) is 43.5 Å². The summed E-state index contributed by atoms with van der Waals surface area (Å²) in [6, 6.07) is -0.627. The normalized spacial score (nSPS) is 12.7. The largest absolute Gasteiger partial charge is 0.466 e. The number of hydrogen-bond donors (Lipinski definition) is 3. The minimum absolute atomic E-state index is 0.00314. The number of unbranched alkanes of at least 4 members (excludes halogenated alkanes) is 49. The van der Waals surface area contributed by atoms with Crippen LogP contribution < -0.4 is 5.32 Å². The van der Waals surface area contributed by atoms with E-state index in [-0.39, 0.29) is 18.5 Å². The van der Waals surface area contributed by atoms with Crippen molar-refractivity contribution in [1.82, 2.24) is 5.32 Å². The molecule has 0 spiro atoms. The predicted octanol–water partition coefficient (Wildman–Crippen LogP) is 21.9. The lowest BCUT2D eigenvalue weighted by Gasteiger charge is -2.20. The first kappa shape index (κ1) is 74.1. The van der Waals surface area contributed by atoms with Crippen LogP contribution in [0.15, 0.2) is 36.5 Å². The molecule has 448 valence electrons. The van der Waals surface area contributed by atoms with E-state index < -0.39 is 12.1 Å². The van der Waals surface area contributed by atoms with Crippen LogP contribution in [0.1, 0.15) is 373 Å². The second-order valence-corrected chi connectivity index (χ2v) is 23.5. The number of esters is 1. The Labute approximate surface area is 474 Å². The maximum absolute atomic E-state index is 12.5. The smallest absolute Gasteiger partial charge is 0.305 e. The predicted molar refractivity (Wildman–Crippen MR) is 333 cm³/mol. The standard InChI is InChI=1S/C70H133NO5/c1-3-5-7-9-11-13-15-17-19-20-31-35-38-42-46-50-54-58-62-68(73)67(66-72)71-69(74)63-59-55-51-47-43-39-36-32-29-27-25-23-21-22-24-26-28-30-33-37-41-45-49-53-57-61-65-76-70(75)64-60-56-52-48-44-40-34-18-16-14-12-10-8-6-4-2/h12,14,18,34,58,62,67-68,72-73H,3-11,13,15-17,19-33,35-57,59-61,63-66H2,1-2H3,(H,71,74)/b14-12-,34-18-,62-58+. The molecule has 0 bridgehead atoms. The highest BCUT2D eigenvalue weighted by atomic mass is 16.5. The van der Waals surface area contributed by atoms with Crippen molar-refractivity contribution in [3.63, 3.8) is 0 Å². The highest BCUT2D eigenvalue weighted by Gasteiger charge is 2.18. The minimum atomic E-state index is -0.844. The summed E-state index contributed by atoms with van der Waals surface area (Å²) in [4.78, 5) is 24.6. The van der Waals surface area contributed by atoms with Crippen LogP contribution in [-0.4, -0.2) is 47.4 Å². The average Bonchev–Trinajstić information content (AvgIpc) is 3.42. The Kier molecular flexibility index (Phi) is 63.9. The van der Waals surface area contributed by atoms with Gasteiger partial charge in [0, 0.05) is 12.8 Å². The SMILES string of the molecule is CCCCC/C=C\C/C=C\CCCCCCCC(=O)OCCCCCCCCCCCCCCCCCCCCCCCCCCCCC(=O)NC(CO)C(O)/C=C/CCCCCCCCCCCCCCCCCC. The number of carbonyl (C=O) groups is 2. The molecule has 6 nitrogen and oxygen atoms in total. The van der Waals surface area contributed by atoms with E-state index in [1.54, 1.807) is 6.08 Å². The fourth-order valence-corrected chi connectivity index (χ4v) is 10.7. The minimum Gasteiger partial charge on any atom is -0.466 e. The molecule has 0 saturated carbocycles. The van der Waals surface area contributed by atoms with Crippen LogP contribution in [0, 0.1) is 0 Å². The van der Waals surface area contributed by atoms with E-state index in [1.807, 2.05) is 6.08 Å². The Morgan fingerprint density at radius 3 is 1.03 bits per heavy atom. The summed E-state index contributed by atoms with van der Waals surface area (Å²) in [5.41, 5.74) is 0. The molecule has 6 heteroatoms. The molecule has 1 amide bonds. The third-order valence-electron chi connectivity index (χ3n) is 15.9. The Morgan fingerprint density at radius 2 is 0.658 bits per heavy atom. The van der Waals surface area contributed by atoms with E-state index in [4.69, 9.17) is 4.74 Å². The molecule has 3 N–H and O–H groups in total. The first-order valence-corrected chi connectivity index (χ1v) is 34.3. The second-order valence-electron chi connectivity index (χ2n) is 23.5. The molecule has 0 aromatic heterocycles. The van der Waals surface area contributed by atoms with Gasteiger partial charge in [-0.1, -0.05) is 333 Å². The van der Waals surface area contributed by atoms with Gasteiger partial charge in [0.2, 0.25) is 5.91 Å². The van der Waals surface area contributed by atoms with Gasteiger partial charge in [0.15, 0.2) is 0 Å². The maximum Gasteiger partial charge on any atom is 0.305 e. The fraction of sp³-hybridized carbons (Fsp3) is 0.886. The maximum atomic E-state index is 12.5. The van der Waals surface area contributed by atoms with Crippen molar-refractivity contribution in [2.75, 3.05) is 13.2 Å². The van der Waals surface area contributed by atoms with Crippen LogP contribution >= 0.6 is 0 Å². The Morgan fingerprint density at radius 1 is 0.368 bits per heavy atom. The summed E-state index contributed by atoms with van der Waals surface area (Å²) in [6.07, 6.45) is 83.5. The van der Waals surface area contributed by atoms with E-state index in [9.17, 15) is 19.8 Å². The number of nitrogens with one attached hydrogen (secondary N) is 1. The zero-order chi connectivity index (χ0) is 55.0. The molecule has 0 aromatic rings. The highest BCUT2D eigenvalue weighted by molar-refractivity contribution is 5.76. The number of ether oxygens (including phenoxy) is 1. The van der Waals surface area contributed by atoms with Crippen LogP contribution in [0.5, 0.6) is 0 Å². The van der Waals surface area contributed by atoms with Crippen molar-refractivity contribution in [3.8, 4) is 0 Å². The topological polar surface area (TPSA) is 95.9 Å². The molecule has 0 rings (SSSR count). The molecule has 0 fully saturated rings. The first-order chi connectivity index (χ1) is 37.5. The van der Waals surface area contributed by atoms with Gasteiger partial charge in [0.05, 0.1) is 25.4 Å². The van der Waals surface area contributed by atoms with Gasteiger partial charge < -0.3 is 20.3 Å². The van der Waals surface area contributed by atoms with Gasteiger partial charge in [-0.15, -0.1) is 0 Å². The molecular weight excluding hydrogens is 935 g/mol. The van der Waals surface area contributed by atoms with Crippen molar-refractivity contribution in [2.24, 2.45) is 0 Å². The van der Waals surface area contributed by atoms with Crippen LogP contribution in [0.25, 0.3) is 0 Å². The van der Waals surface area contributed by atoms with E-state index in [1.165, 1.54) is 295 Å². The number of aliphatic hydroxyl groups is 2. The molecule has 2 atom stereocenters. The van der Waals surface area contributed by atoms with E-state index >= 15 is 0 Å². The van der Waals surface area contributed by atoms with Gasteiger partial charge in [-0.2, -0.15) is 0 Å². The Balaban J connectivity index is 3.38. The first-order valence-electron chi connectivity index (χ1n) is 34.3. The number of allylic oxidation sites excluding steroid dienone is 5. The van der Waals surface area contributed by atoms with Crippen LogP contribution in [0.3, 0.4) is 0 Å². The fourth-order valence-electron chi connectivity index (χ4n) is 10.7. The van der Waals surface area contributed by atoms with Gasteiger partial charge in [0.25, 0.3) is 0 Å². The molecule has 0 heterocycles. The molecule has 0 aromatic carbocycles. The van der Waals surface area contributed by atoms with Gasteiger partial charge in [-0.25, -0.2) is 0 Å². The lowest BCUT2D eigenvalue weighted by atomic mass is 10.0. The molecule has 0 aliphatic rings. The van der Waals surface area contributed by atoms with Gasteiger partial charge in [-0.05, 0) is 64.2 Å². The van der Waals surface area contributed by atoms with E-state index in [0.29, 0.717) is 19.4 Å². The van der Waals surface area contributed by atoms with E-state index in [0.717, 1.165) is 51.4 Å². The number of rotatable bonds is 64. The highest BCUT2D eigenvalue weighted by Crippen LogP contribution is 2.18. The van der Waals surface area contributed by atoms with Crippen molar-refractivity contribution in [3.05, 3.63) is 36.5 Å². The summed E-state index contributed by atoms with van der Waals surface area (Å²) in [6.45, 7) is 4.90. The summed E-state index contributed by atoms with van der Waals surface area (Å²) < 4.78 is 5.49. The van der Waals surface area contributed by atoms with Gasteiger partial charge >= 0.3 is 5.97 Å². The molecule has 0 saturated heterocycles. The number of aliphatic hydroxyl groups excluding tert-OH is 2. The molecule has 76 heavy (non-hydrogen) atoms. The Bertz CT molecular complexity index is 1230. The monoisotopic (exact) mass is 1070 g/mol. The number of amides is 1. The number of carbonyl (C=O) groups excluding carboxylic acids is 2. The summed E-state index contributed by atoms with van der Waals surface area (Å²) >= 11 is 0. The quantitative estimate of drug-likeness (QED) is 0.0320. The zero-order valence-corrected chi connectivity index (χ0v) is 51.3. The Hall–Kier alpha value is -1.92. The van der Waals surface area contributed by atoms with Crippen LogP contribution in [-0.2, 0) is 14.3 Å². The van der Waals surface area contributed by atoms with Crippen molar-refractivity contribution in [1.29, 1.82) is 0 Å². The van der Waals surface area contributed by atoms with Crippen molar-refractivity contribution >= 4 is 11.9 Å². The lowest BCUT2D eigenvalue weighted by molar-refractivity contribution is -0.143. The molecule has 2 unspecified atom stereocenters. The third-order valence-corrected chi connectivity index (χ3v) is 15.9. The van der Waals surface area contributed by atoms with Gasteiger partial charge in [0.1, 0.15) is 0 Å². The molecule has 0 aliphatic carbocycles. The molecule has 0 aliphatic heterocycles. The average molecular weight is 1070 g/mol. The van der Waals surface area contributed by atoms with Crippen molar-refractivity contribution in [2.45, 2.75) is 386 Å². The second kappa shape index (κ2) is 65.6. The zero-order valence-electron chi connectivity index (χ0n) is 51.3. The molecule has 0 radical (unpaired) electrons. The van der Waals surface area contributed by atoms with Crippen LogP contribution in [0.2, 0.25) is 0 Å². The summed E-state index contributed by atoms with van der Waals surface area (Å²) in [5, 5.41) is 23.2. The van der Waals surface area contributed by atoms with Gasteiger partial charge in [-0.3, -0.25) is 9.59 Å². The van der Waals surface area contributed by atoms with Crippen molar-refractivity contribution < 1.29 is 24.5 Å². The lowest BCUT2D eigenvalue weighted by Crippen LogP contribution is -2.45. The number of hydrogen-bond acceptors (Lipinski definition) is 5. The third kappa shape index (κ3) is 61.3. The molecular formula is C70H133NO5. The summed E-state index contributed by atoms with van der Waals surface area (Å²) in [7, 11) is 0.